The Hall–Kier alpha value is -4.41. The first-order valence-electron chi connectivity index (χ1n) is 13.2. The van der Waals surface area contributed by atoms with Crippen LogP contribution >= 0.6 is 12.6 Å². The Morgan fingerprint density at radius 3 is 2.50 bits per heavy atom. The van der Waals surface area contributed by atoms with Gasteiger partial charge in [0.2, 0.25) is 5.88 Å². The molecule has 0 spiro atoms. The van der Waals surface area contributed by atoms with Crippen LogP contribution in [0, 0.1) is 5.82 Å². The first-order chi connectivity index (χ1) is 20.5. The number of ether oxygens (including phenoxy) is 3. The van der Waals surface area contributed by atoms with Gasteiger partial charge < -0.3 is 24.5 Å². The summed E-state index contributed by atoms with van der Waals surface area (Å²) in [6.07, 6.45) is 1.95. The van der Waals surface area contributed by atoms with Gasteiger partial charge in [0, 0.05) is 43.0 Å². The van der Waals surface area contributed by atoms with Crippen molar-refractivity contribution in [1.29, 1.82) is 0 Å². The highest BCUT2D eigenvalue weighted by Gasteiger charge is 2.16. The van der Waals surface area contributed by atoms with Gasteiger partial charge in [-0.3, -0.25) is 0 Å². The fraction of sp³-hybridized carbons (Fsp3) is 0.219. The molecule has 0 atom stereocenters. The molecule has 8 nitrogen and oxygen atoms in total. The Bertz CT molecular complexity index is 1670. The summed E-state index contributed by atoms with van der Waals surface area (Å²) in [4.78, 5) is 21.3. The minimum absolute atomic E-state index is 0.257. The second kappa shape index (κ2) is 14.5. The van der Waals surface area contributed by atoms with Gasteiger partial charge in [-0.15, -0.1) is 0 Å². The number of imidazole rings is 1. The van der Waals surface area contributed by atoms with Crippen molar-refractivity contribution in [2.45, 2.75) is 19.6 Å². The van der Waals surface area contributed by atoms with Gasteiger partial charge in [0.25, 0.3) is 0 Å². The summed E-state index contributed by atoms with van der Waals surface area (Å²) in [5.74, 6) is 0.276. The van der Waals surface area contributed by atoms with Crippen molar-refractivity contribution in [1.82, 2.24) is 14.5 Å². The van der Waals surface area contributed by atoms with Gasteiger partial charge in [-0.1, -0.05) is 36.4 Å². The monoisotopic (exact) mass is 588 g/mol. The van der Waals surface area contributed by atoms with E-state index in [9.17, 15) is 4.79 Å². The number of fused-ring (bicyclic) bond motifs is 1. The summed E-state index contributed by atoms with van der Waals surface area (Å²) in [5.41, 5.74) is 11.1. The van der Waals surface area contributed by atoms with Crippen molar-refractivity contribution >= 4 is 35.3 Å². The van der Waals surface area contributed by atoms with E-state index in [1.54, 1.807) is 49.8 Å². The number of nitrogens with two attached hydrogens (primary N) is 1. The zero-order valence-corrected chi connectivity index (χ0v) is 24.6. The third kappa shape index (κ3) is 7.07. The molecule has 5 aromatic rings. The van der Waals surface area contributed by atoms with E-state index in [0.717, 1.165) is 11.1 Å². The van der Waals surface area contributed by atoms with Gasteiger partial charge in [0.15, 0.2) is 0 Å². The molecule has 0 aliphatic rings. The van der Waals surface area contributed by atoms with Crippen molar-refractivity contribution < 1.29 is 23.4 Å². The van der Waals surface area contributed by atoms with Crippen LogP contribution < -0.4 is 10.5 Å². The van der Waals surface area contributed by atoms with E-state index in [4.69, 9.17) is 24.9 Å². The van der Waals surface area contributed by atoms with Crippen molar-refractivity contribution in [3.8, 4) is 17.1 Å². The number of anilines is 1. The molecule has 5 rings (SSSR count). The van der Waals surface area contributed by atoms with Gasteiger partial charge in [-0.25, -0.2) is 19.2 Å². The Kier molecular flexibility index (Phi) is 10.5. The van der Waals surface area contributed by atoms with Crippen LogP contribution in [0.3, 0.4) is 0 Å². The quantitative estimate of drug-likeness (QED) is 0.118. The van der Waals surface area contributed by atoms with E-state index < -0.39 is 5.97 Å². The highest BCUT2D eigenvalue weighted by Crippen LogP contribution is 2.26. The van der Waals surface area contributed by atoms with Crippen molar-refractivity contribution in [3.63, 3.8) is 0 Å². The number of carbonyl (C=O) groups is 1. The molecule has 2 aromatic heterocycles. The number of hydrogen-bond acceptors (Lipinski definition) is 8. The Labute approximate surface area is 249 Å². The van der Waals surface area contributed by atoms with Crippen LogP contribution in [0.4, 0.5) is 10.1 Å². The molecule has 0 radical (unpaired) electrons. The van der Waals surface area contributed by atoms with E-state index in [1.165, 1.54) is 13.2 Å². The summed E-state index contributed by atoms with van der Waals surface area (Å²) in [5, 5.41) is 0. The standard InChI is InChI=1S/C31H29FN4O4.CH4S/c1-38-15-14-36-28-17-22(31(37)39-2)12-13-27(28)34-29(36)18-20-10-11-21(16-24(20)32)26-8-5-9-30(35-26)40-19-23-6-3-4-7-25(23)33;1-2/h3-13,16-17H,14-15,18-19,33H2,1-2H3;2H,1H3. The molecule has 0 aliphatic heterocycles. The molecule has 218 valence electrons. The minimum Gasteiger partial charge on any atom is -0.473 e. The second-order valence-electron chi connectivity index (χ2n) is 9.20. The van der Waals surface area contributed by atoms with Crippen LogP contribution in [0.25, 0.3) is 22.3 Å². The third-order valence-corrected chi connectivity index (χ3v) is 6.62. The van der Waals surface area contributed by atoms with Crippen LogP contribution in [-0.2, 0) is 29.0 Å². The highest BCUT2D eigenvalue weighted by atomic mass is 32.1. The number of nitrogens with zero attached hydrogens (tertiary/aromatic N) is 3. The molecular formula is C32H33FN4O4S. The van der Waals surface area contributed by atoms with E-state index >= 15 is 4.39 Å². The molecule has 0 bridgehead atoms. The molecule has 0 saturated carbocycles. The maximum atomic E-state index is 15.4. The lowest BCUT2D eigenvalue weighted by molar-refractivity contribution is 0.0601. The molecule has 0 fully saturated rings. The highest BCUT2D eigenvalue weighted by molar-refractivity contribution is 7.79. The minimum atomic E-state index is -0.433. The molecule has 42 heavy (non-hydrogen) atoms. The number of thiol groups is 1. The molecule has 3 aromatic carbocycles. The maximum Gasteiger partial charge on any atom is 0.337 e. The Balaban J connectivity index is 0.00000198. The van der Waals surface area contributed by atoms with Crippen LogP contribution in [-0.4, -0.2) is 47.6 Å². The van der Waals surface area contributed by atoms with Gasteiger partial charge >= 0.3 is 5.97 Å². The topological polar surface area (TPSA) is 101 Å². The Morgan fingerprint density at radius 2 is 1.76 bits per heavy atom. The number of carbonyl (C=O) groups excluding carboxylic acids is 1. The van der Waals surface area contributed by atoms with E-state index in [2.05, 4.69) is 17.6 Å². The summed E-state index contributed by atoms with van der Waals surface area (Å²) >= 11 is 3.53. The number of pyridine rings is 1. The number of benzene rings is 3. The molecule has 0 amide bonds. The summed E-state index contributed by atoms with van der Waals surface area (Å²) in [6, 6.07) is 23.1. The van der Waals surface area contributed by atoms with Crippen molar-refractivity contribution in [2.24, 2.45) is 0 Å². The van der Waals surface area contributed by atoms with Gasteiger partial charge in [0.05, 0.1) is 36.0 Å². The van der Waals surface area contributed by atoms with Crippen LogP contribution in [0.15, 0.2) is 78.9 Å². The van der Waals surface area contributed by atoms with E-state index in [1.807, 2.05) is 41.0 Å². The van der Waals surface area contributed by atoms with Gasteiger partial charge in [0.1, 0.15) is 18.2 Å². The third-order valence-electron chi connectivity index (χ3n) is 6.62. The first kappa shape index (κ1) is 30.5. The number of rotatable bonds is 10. The lowest BCUT2D eigenvalue weighted by Crippen LogP contribution is -2.10. The Morgan fingerprint density at radius 1 is 0.952 bits per heavy atom. The summed E-state index contributed by atoms with van der Waals surface area (Å²) in [6.45, 7) is 1.21. The summed E-state index contributed by atoms with van der Waals surface area (Å²) < 4.78 is 33.3. The zero-order valence-electron chi connectivity index (χ0n) is 23.7. The smallest absolute Gasteiger partial charge is 0.337 e. The number of halogens is 1. The molecule has 2 heterocycles. The number of hydrogen-bond donors (Lipinski definition) is 2. The maximum absolute atomic E-state index is 15.4. The number of aromatic nitrogens is 3. The van der Waals surface area contributed by atoms with Gasteiger partial charge in [-0.05, 0) is 48.2 Å². The van der Waals surface area contributed by atoms with Crippen LogP contribution in [0.1, 0.15) is 27.3 Å². The average Bonchev–Trinajstić information content (AvgIpc) is 3.37. The predicted octanol–water partition coefficient (Wildman–Crippen LogP) is 5.97. The fourth-order valence-electron chi connectivity index (χ4n) is 4.48. The molecule has 0 saturated heterocycles. The molecule has 0 aliphatic carbocycles. The van der Waals surface area contributed by atoms with Gasteiger partial charge in [-0.2, -0.15) is 12.6 Å². The SMILES string of the molecule is COCCn1c(Cc2ccc(-c3cccc(OCc4ccccc4N)n3)cc2F)nc2ccc(C(=O)OC)cc21.CS. The summed E-state index contributed by atoms with van der Waals surface area (Å²) in [7, 11) is 2.95. The molecule has 0 unspecified atom stereocenters. The number of esters is 1. The van der Waals surface area contributed by atoms with Crippen LogP contribution in [0.5, 0.6) is 5.88 Å². The lowest BCUT2D eigenvalue weighted by Gasteiger charge is -2.11. The number of nitrogen functional groups attached to an aromatic ring is 1. The van der Waals surface area contributed by atoms with Crippen molar-refractivity contribution in [3.05, 3.63) is 107 Å². The van der Waals surface area contributed by atoms with Crippen LogP contribution in [0.2, 0.25) is 0 Å². The zero-order chi connectivity index (χ0) is 30.1. The largest absolute Gasteiger partial charge is 0.473 e. The predicted molar refractivity (Wildman–Crippen MR) is 165 cm³/mol. The number of para-hydroxylation sites is 1. The first-order valence-corrected chi connectivity index (χ1v) is 14.1. The fourth-order valence-corrected chi connectivity index (χ4v) is 4.48. The molecule has 2 N–H and O–H groups in total. The van der Waals surface area contributed by atoms with E-state index in [0.29, 0.717) is 58.4 Å². The normalized spacial score (nSPS) is 10.7. The second-order valence-corrected chi connectivity index (χ2v) is 9.20. The molecular weight excluding hydrogens is 555 g/mol. The van der Waals surface area contributed by atoms with E-state index in [-0.39, 0.29) is 18.8 Å². The lowest BCUT2D eigenvalue weighted by atomic mass is 10.1. The average molecular weight is 589 g/mol. The van der Waals surface area contributed by atoms with Crippen molar-refractivity contribution in [2.75, 3.05) is 32.8 Å². The number of methoxy groups -OCH3 is 2. The molecule has 10 heteroatoms.